The van der Waals surface area contributed by atoms with Gasteiger partial charge in [0.05, 0.1) is 37.8 Å². The smallest absolute Gasteiger partial charge is 0.338 e. The number of carbonyl (C=O) groups is 1. The third-order valence-corrected chi connectivity index (χ3v) is 3.54. The SMILES string of the molecule is COC(=O)c1ccnc(Nc2ccc(N3CCOCC3)nc2)c1. The van der Waals surface area contributed by atoms with Gasteiger partial charge in [-0.3, -0.25) is 0 Å². The molecule has 3 rings (SSSR count). The summed E-state index contributed by atoms with van der Waals surface area (Å²) < 4.78 is 10.0. The molecule has 0 spiro atoms. The van der Waals surface area contributed by atoms with Crippen molar-refractivity contribution in [3.05, 3.63) is 42.2 Å². The van der Waals surface area contributed by atoms with Crippen molar-refractivity contribution in [1.82, 2.24) is 9.97 Å². The third-order valence-electron chi connectivity index (χ3n) is 3.54. The van der Waals surface area contributed by atoms with Gasteiger partial charge in [0.1, 0.15) is 11.6 Å². The number of morpholine rings is 1. The molecule has 1 N–H and O–H groups in total. The predicted octanol–water partition coefficient (Wildman–Crippen LogP) is 1.84. The van der Waals surface area contributed by atoms with Crippen LogP contribution in [0.2, 0.25) is 0 Å². The molecule has 7 nitrogen and oxygen atoms in total. The quantitative estimate of drug-likeness (QED) is 0.863. The monoisotopic (exact) mass is 314 g/mol. The molecule has 0 radical (unpaired) electrons. The van der Waals surface area contributed by atoms with Gasteiger partial charge in [-0.2, -0.15) is 0 Å². The fourth-order valence-corrected chi connectivity index (χ4v) is 2.33. The molecule has 0 saturated carbocycles. The van der Waals surface area contributed by atoms with Crippen LogP contribution >= 0.6 is 0 Å². The lowest BCUT2D eigenvalue weighted by atomic mass is 10.2. The molecule has 23 heavy (non-hydrogen) atoms. The molecule has 0 aromatic carbocycles. The summed E-state index contributed by atoms with van der Waals surface area (Å²) in [6.07, 6.45) is 3.31. The number of methoxy groups -OCH3 is 1. The van der Waals surface area contributed by atoms with Crippen molar-refractivity contribution in [3.63, 3.8) is 0 Å². The second-order valence-electron chi connectivity index (χ2n) is 5.05. The summed E-state index contributed by atoms with van der Waals surface area (Å²) in [6, 6.07) is 7.14. The van der Waals surface area contributed by atoms with Crippen LogP contribution in [0.15, 0.2) is 36.7 Å². The lowest BCUT2D eigenvalue weighted by molar-refractivity contribution is 0.0600. The first-order valence-electron chi connectivity index (χ1n) is 7.36. The second kappa shape index (κ2) is 7.06. The third kappa shape index (κ3) is 3.75. The predicted molar refractivity (Wildman–Crippen MR) is 86.1 cm³/mol. The Morgan fingerprint density at radius 2 is 2.09 bits per heavy atom. The molecule has 0 atom stereocenters. The van der Waals surface area contributed by atoms with Gasteiger partial charge in [0.25, 0.3) is 0 Å². The average Bonchev–Trinajstić information content (AvgIpc) is 2.62. The van der Waals surface area contributed by atoms with Crippen LogP contribution in [0.25, 0.3) is 0 Å². The van der Waals surface area contributed by atoms with E-state index in [2.05, 4.69) is 20.2 Å². The summed E-state index contributed by atoms with van der Waals surface area (Å²) in [6.45, 7) is 3.16. The number of hydrogen-bond acceptors (Lipinski definition) is 7. The summed E-state index contributed by atoms with van der Waals surface area (Å²) in [5.74, 6) is 1.10. The largest absolute Gasteiger partial charge is 0.465 e. The number of anilines is 3. The number of rotatable bonds is 4. The lowest BCUT2D eigenvalue weighted by Gasteiger charge is -2.27. The maximum Gasteiger partial charge on any atom is 0.338 e. The van der Waals surface area contributed by atoms with E-state index in [1.807, 2.05) is 12.1 Å². The molecule has 2 aromatic heterocycles. The molecule has 1 saturated heterocycles. The van der Waals surface area contributed by atoms with Crippen molar-refractivity contribution in [2.75, 3.05) is 43.6 Å². The van der Waals surface area contributed by atoms with Crippen LogP contribution in [-0.4, -0.2) is 49.4 Å². The Labute approximate surface area is 134 Å². The van der Waals surface area contributed by atoms with Crippen molar-refractivity contribution >= 4 is 23.3 Å². The van der Waals surface area contributed by atoms with Gasteiger partial charge in [-0.1, -0.05) is 0 Å². The zero-order valence-corrected chi connectivity index (χ0v) is 12.9. The average molecular weight is 314 g/mol. The van der Waals surface area contributed by atoms with Crippen LogP contribution < -0.4 is 10.2 Å². The molecule has 0 aliphatic carbocycles. The van der Waals surface area contributed by atoms with Crippen LogP contribution in [0.3, 0.4) is 0 Å². The maximum atomic E-state index is 11.5. The number of aromatic nitrogens is 2. The van der Waals surface area contributed by atoms with Crippen molar-refractivity contribution in [2.24, 2.45) is 0 Å². The van der Waals surface area contributed by atoms with Crippen LogP contribution in [0.4, 0.5) is 17.3 Å². The Balaban J connectivity index is 1.69. The van der Waals surface area contributed by atoms with E-state index in [-0.39, 0.29) is 0 Å². The molecule has 120 valence electrons. The minimum atomic E-state index is -0.392. The van der Waals surface area contributed by atoms with E-state index in [1.54, 1.807) is 24.5 Å². The van der Waals surface area contributed by atoms with Gasteiger partial charge < -0.3 is 19.7 Å². The Kier molecular flexibility index (Phi) is 4.68. The van der Waals surface area contributed by atoms with E-state index in [0.29, 0.717) is 11.4 Å². The van der Waals surface area contributed by atoms with Crippen molar-refractivity contribution in [3.8, 4) is 0 Å². The van der Waals surface area contributed by atoms with Gasteiger partial charge in [-0.25, -0.2) is 14.8 Å². The number of pyridine rings is 2. The summed E-state index contributed by atoms with van der Waals surface area (Å²) in [5.41, 5.74) is 1.25. The molecule has 1 aliphatic rings. The summed E-state index contributed by atoms with van der Waals surface area (Å²) in [7, 11) is 1.35. The lowest BCUT2D eigenvalue weighted by Crippen LogP contribution is -2.36. The topological polar surface area (TPSA) is 76.6 Å². The van der Waals surface area contributed by atoms with Crippen LogP contribution in [0.5, 0.6) is 0 Å². The number of hydrogen-bond donors (Lipinski definition) is 1. The first-order valence-corrected chi connectivity index (χ1v) is 7.36. The highest BCUT2D eigenvalue weighted by atomic mass is 16.5. The van der Waals surface area contributed by atoms with Gasteiger partial charge >= 0.3 is 5.97 Å². The van der Waals surface area contributed by atoms with Gasteiger partial charge in [0, 0.05) is 19.3 Å². The van der Waals surface area contributed by atoms with E-state index in [9.17, 15) is 4.79 Å². The Bertz CT molecular complexity index is 669. The molecular weight excluding hydrogens is 296 g/mol. The Hall–Kier alpha value is -2.67. The molecule has 1 fully saturated rings. The standard InChI is InChI=1S/C16H18N4O3/c1-22-16(21)12-4-5-17-14(10-12)19-13-2-3-15(18-11-13)20-6-8-23-9-7-20/h2-5,10-11H,6-9H2,1H3,(H,17,19). The highest BCUT2D eigenvalue weighted by molar-refractivity contribution is 5.90. The number of nitrogens with zero attached hydrogens (tertiary/aromatic N) is 3. The van der Waals surface area contributed by atoms with Crippen molar-refractivity contribution in [1.29, 1.82) is 0 Å². The molecule has 0 bridgehead atoms. The Morgan fingerprint density at radius 1 is 1.26 bits per heavy atom. The number of nitrogens with one attached hydrogen (secondary N) is 1. The summed E-state index contributed by atoms with van der Waals surface area (Å²) in [4.78, 5) is 22.4. The van der Waals surface area contributed by atoms with Crippen LogP contribution in [0, 0.1) is 0 Å². The molecule has 2 aromatic rings. The molecule has 3 heterocycles. The first kappa shape index (κ1) is 15.2. The van der Waals surface area contributed by atoms with Crippen molar-refractivity contribution in [2.45, 2.75) is 0 Å². The van der Waals surface area contributed by atoms with Gasteiger partial charge in [-0.05, 0) is 24.3 Å². The normalized spacial score (nSPS) is 14.4. The summed E-state index contributed by atoms with van der Waals surface area (Å²) >= 11 is 0. The first-order chi connectivity index (χ1) is 11.3. The summed E-state index contributed by atoms with van der Waals surface area (Å²) in [5, 5.41) is 3.13. The molecular formula is C16H18N4O3. The molecule has 1 aliphatic heterocycles. The van der Waals surface area contributed by atoms with E-state index >= 15 is 0 Å². The van der Waals surface area contributed by atoms with Crippen LogP contribution in [-0.2, 0) is 9.47 Å². The van der Waals surface area contributed by atoms with E-state index in [0.717, 1.165) is 37.8 Å². The highest BCUT2D eigenvalue weighted by Gasteiger charge is 2.12. The van der Waals surface area contributed by atoms with E-state index < -0.39 is 5.97 Å². The number of esters is 1. The molecule has 0 unspecified atom stereocenters. The van der Waals surface area contributed by atoms with Gasteiger partial charge in [0.15, 0.2) is 0 Å². The number of ether oxygens (including phenoxy) is 2. The maximum absolute atomic E-state index is 11.5. The second-order valence-corrected chi connectivity index (χ2v) is 5.05. The van der Waals surface area contributed by atoms with Gasteiger partial charge in [0.2, 0.25) is 0 Å². The molecule has 7 heteroatoms. The minimum absolute atomic E-state index is 0.392. The highest BCUT2D eigenvalue weighted by Crippen LogP contribution is 2.19. The zero-order valence-electron chi connectivity index (χ0n) is 12.9. The van der Waals surface area contributed by atoms with Crippen LogP contribution in [0.1, 0.15) is 10.4 Å². The van der Waals surface area contributed by atoms with Gasteiger partial charge in [-0.15, -0.1) is 0 Å². The number of carbonyl (C=O) groups excluding carboxylic acids is 1. The fraction of sp³-hybridized carbons (Fsp3) is 0.312. The fourth-order valence-electron chi connectivity index (χ4n) is 2.33. The molecule has 0 amide bonds. The van der Waals surface area contributed by atoms with Crippen molar-refractivity contribution < 1.29 is 14.3 Å². The van der Waals surface area contributed by atoms with E-state index in [1.165, 1.54) is 7.11 Å². The van der Waals surface area contributed by atoms with E-state index in [4.69, 9.17) is 9.47 Å². The minimum Gasteiger partial charge on any atom is -0.465 e. The zero-order chi connectivity index (χ0) is 16.1. The Morgan fingerprint density at radius 3 is 2.78 bits per heavy atom.